The normalized spacial score (nSPS) is 14.4. The fourth-order valence-electron chi connectivity index (χ4n) is 3.21. The summed E-state index contributed by atoms with van der Waals surface area (Å²) in [6.45, 7) is 1.75. The maximum Gasteiger partial charge on any atom is 0.344 e. The van der Waals surface area contributed by atoms with Crippen LogP contribution in [0.3, 0.4) is 0 Å². The van der Waals surface area contributed by atoms with Crippen LogP contribution in [-0.2, 0) is 9.53 Å². The third kappa shape index (κ3) is 5.73. The van der Waals surface area contributed by atoms with Crippen LogP contribution < -0.4 is 10.1 Å². The molecular formula is C22H24ClNO4. The predicted octanol–water partition coefficient (Wildman–Crippen LogP) is 5.16. The molecule has 0 atom stereocenters. The van der Waals surface area contributed by atoms with Crippen molar-refractivity contribution in [2.24, 2.45) is 0 Å². The van der Waals surface area contributed by atoms with Gasteiger partial charge in [-0.05, 0) is 80.6 Å². The number of carbonyl (C=O) groups excluding carboxylic acids is 2. The minimum Gasteiger partial charge on any atom is -0.482 e. The van der Waals surface area contributed by atoms with Gasteiger partial charge in [-0.3, -0.25) is 4.79 Å². The Morgan fingerprint density at radius 1 is 1.07 bits per heavy atom. The summed E-state index contributed by atoms with van der Waals surface area (Å²) in [5.41, 5.74) is 2.09. The fourth-order valence-corrected chi connectivity index (χ4v) is 3.44. The van der Waals surface area contributed by atoms with Crippen molar-refractivity contribution >= 4 is 29.2 Å². The van der Waals surface area contributed by atoms with Gasteiger partial charge in [0, 0.05) is 16.3 Å². The first-order valence-electron chi connectivity index (χ1n) is 9.51. The Balaban J connectivity index is 1.49. The maximum atomic E-state index is 12.4. The highest BCUT2D eigenvalue weighted by Gasteiger charge is 2.18. The van der Waals surface area contributed by atoms with Crippen molar-refractivity contribution < 1.29 is 19.1 Å². The summed E-state index contributed by atoms with van der Waals surface area (Å²) >= 11 is 5.93. The highest BCUT2D eigenvalue weighted by atomic mass is 35.5. The summed E-state index contributed by atoms with van der Waals surface area (Å²) in [7, 11) is 0. The predicted molar refractivity (Wildman–Crippen MR) is 109 cm³/mol. The van der Waals surface area contributed by atoms with E-state index in [0.717, 1.165) is 31.2 Å². The summed E-state index contributed by atoms with van der Waals surface area (Å²) < 4.78 is 10.9. The molecule has 0 bridgehead atoms. The Kier molecular flexibility index (Phi) is 6.93. The third-order valence-corrected chi connectivity index (χ3v) is 5.00. The number of aryl methyl sites for hydroxylation is 1. The summed E-state index contributed by atoms with van der Waals surface area (Å²) in [6.07, 6.45) is 5.32. The van der Waals surface area contributed by atoms with Crippen LogP contribution in [0.15, 0.2) is 42.5 Å². The average molecular weight is 402 g/mol. The lowest BCUT2D eigenvalue weighted by Gasteiger charge is -2.21. The Morgan fingerprint density at radius 3 is 2.46 bits per heavy atom. The molecule has 1 N–H and O–H groups in total. The lowest BCUT2D eigenvalue weighted by atomic mass is 9.98. The molecule has 3 rings (SSSR count). The smallest absolute Gasteiger partial charge is 0.344 e. The van der Waals surface area contributed by atoms with Gasteiger partial charge in [0.05, 0.1) is 0 Å². The Hall–Kier alpha value is -2.53. The number of benzene rings is 2. The van der Waals surface area contributed by atoms with Gasteiger partial charge in [-0.15, -0.1) is 0 Å². The van der Waals surface area contributed by atoms with Crippen LogP contribution in [-0.4, -0.2) is 24.6 Å². The summed E-state index contributed by atoms with van der Waals surface area (Å²) in [5.74, 6) is -0.0690. The topological polar surface area (TPSA) is 64.6 Å². The van der Waals surface area contributed by atoms with Crippen LogP contribution in [0.2, 0.25) is 5.02 Å². The molecular weight excluding hydrogens is 378 g/mol. The second kappa shape index (κ2) is 9.60. The van der Waals surface area contributed by atoms with Crippen molar-refractivity contribution in [2.75, 3.05) is 11.9 Å². The van der Waals surface area contributed by atoms with Crippen LogP contribution in [0.4, 0.5) is 5.69 Å². The van der Waals surface area contributed by atoms with E-state index in [4.69, 9.17) is 21.1 Å². The standard InChI is InChI=1S/C22H24ClNO4/c1-15-13-17(23)9-12-20(15)24-22(26)16-7-10-18(11-8-16)27-14-21(25)28-19-5-3-2-4-6-19/h7-13,19H,2-6,14H2,1H3,(H,24,26). The molecule has 148 valence electrons. The highest BCUT2D eigenvalue weighted by molar-refractivity contribution is 6.30. The Labute approximate surface area is 170 Å². The molecule has 1 fully saturated rings. The number of hydrogen-bond donors (Lipinski definition) is 1. The van der Waals surface area contributed by atoms with Gasteiger partial charge < -0.3 is 14.8 Å². The monoisotopic (exact) mass is 401 g/mol. The zero-order valence-electron chi connectivity index (χ0n) is 15.9. The molecule has 1 aliphatic carbocycles. The van der Waals surface area contributed by atoms with E-state index in [1.54, 1.807) is 42.5 Å². The van der Waals surface area contributed by atoms with Gasteiger partial charge >= 0.3 is 5.97 Å². The highest BCUT2D eigenvalue weighted by Crippen LogP contribution is 2.22. The van der Waals surface area contributed by atoms with Gasteiger partial charge in [-0.2, -0.15) is 0 Å². The van der Waals surface area contributed by atoms with E-state index in [1.807, 2.05) is 6.92 Å². The number of amides is 1. The van der Waals surface area contributed by atoms with Gasteiger partial charge in [-0.1, -0.05) is 18.0 Å². The maximum absolute atomic E-state index is 12.4. The number of halogens is 1. The molecule has 0 saturated heterocycles. The number of hydrogen-bond acceptors (Lipinski definition) is 4. The number of nitrogens with one attached hydrogen (secondary N) is 1. The molecule has 1 saturated carbocycles. The van der Waals surface area contributed by atoms with Crippen LogP contribution in [0.5, 0.6) is 5.75 Å². The number of esters is 1. The third-order valence-electron chi connectivity index (χ3n) is 4.76. The van der Waals surface area contributed by atoms with Gasteiger partial charge in [0.2, 0.25) is 0 Å². The molecule has 2 aromatic rings. The molecule has 2 aromatic carbocycles. The molecule has 0 heterocycles. The fraction of sp³-hybridized carbons (Fsp3) is 0.364. The molecule has 6 heteroatoms. The lowest BCUT2D eigenvalue weighted by molar-refractivity contribution is -0.152. The van der Waals surface area contributed by atoms with Gasteiger partial charge in [-0.25, -0.2) is 4.79 Å². The van der Waals surface area contributed by atoms with Crippen molar-refractivity contribution in [1.29, 1.82) is 0 Å². The molecule has 1 aliphatic rings. The van der Waals surface area contributed by atoms with Crippen molar-refractivity contribution in [3.05, 3.63) is 58.6 Å². The zero-order valence-corrected chi connectivity index (χ0v) is 16.6. The van der Waals surface area contributed by atoms with Crippen LogP contribution >= 0.6 is 11.6 Å². The second-order valence-corrected chi connectivity index (χ2v) is 7.41. The van der Waals surface area contributed by atoms with Crippen molar-refractivity contribution in [2.45, 2.75) is 45.1 Å². The van der Waals surface area contributed by atoms with Crippen molar-refractivity contribution in [3.8, 4) is 5.75 Å². The molecule has 0 spiro atoms. The van der Waals surface area contributed by atoms with Crippen molar-refractivity contribution in [1.82, 2.24) is 0 Å². The van der Waals surface area contributed by atoms with E-state index in [-0.39, 0.29) is 24.6 Å². The average Bonchev–Trinajstić information content (AvgIpc) is 2.69. The Bertz CT molecular complexity index is 829. The molecule has 0 aliphatic heterocycles. The first-order chi connectivity index (χ1) is 13.5. The minimum atomic E-state index is -0.355. The second-order valence-electron chi connectivity index (χ2n) is 6.98. The minimum absolute atomic E-state index is 0.0206. The molecule has 0 aromatic heterocycles. The number of carbonyl (C=O) groups is 2. The van der Waals surface area contributed by atoms with E-state index < -0.39 is 0 Å². The SMILES string of the molecule is Cc1cc(Cl)ccc1NC(=O)c1ccc(OCC(=O)OC2CCCCC2)cc1. The molecule has 28 heavy (non-hydrogen) atoms. The van der Waals surface area contributed by atoms with Gasteiger partial charge in [0.25, 0.3) is 5.91 Å². The van der Waals surface area contributed by atoms with Gasteiger partial charge in [0.1, 0.15) is 11.9 Å². The van der Waals surface area contributed by atoms with E-state index in [9.17, 15) is 9.59 Å². The van der Waals surface area contributed by atoms with E-state index in [2.05, 4.69) is 5.32 Å². The largest absolute Gasteiger partial charge is 0.482 e. The van der Waals surface area contributed by atoms with Crippen LogP contribution in [0.25, 0.3) is 0 Å². The number of rotatable bonds is 6. The molecule has 5 nitrogen and oxygen atoms in total. The lowest BCUT2D eigenvalue weighted by Crippen LogP contribution is -2.24. The zero-order chi connectivity index (χ0) is 19.9. The van der Waals surface area contributed by atoms with Crippen LogP contribution in [0.1, 0.15) is 48.0 Å². The first kappa shape index (κ1) is 20.2. The molecule has 1 amide bonds. The quantitative estimate of drug-likeness (QED) is 0.679. The number of ether oxygens (including phenoxy) is 2. The van der Waals surface area contributed by atoms with Crippen molar-refractivity contribution in [3.63, 3.8) is 0 Å². The summed E-state index contributed by atoms with van der Waals surface area (Å²) in [6, 6.07) is 11.9. The van der Waals surface area contributed by atoms with E-state index in [0.29, 0.717) is 22.0 Å². The first-order valence-corrected chi connectivity index (χ1v) is 9.89. The summed E-state index contributed by atoms with van der Waals surface area (Å²) in [4.78, 5) is 24.3. The Morgan fingerprint density at radius 2 is 1.79 bits per heavy atom. The molecule has 0 unspecified atom stereocenters. The van der Waals surface area contributed by atoms with E-state index >= 15 is 0 Å². The van der Waals surface area contributed by atoms with E-state index in [1.165, 1.54) is 6.42 Å². The molecule has 0 radical (unpaired) electrons. The van der Waals surface area contributed by atoms with Crippen LogP contribution in [0, 0.1) is 6.92 Å². The summed E-state index contributed by atoms with van der Waals surface area (Å²) in [5, 5.41) is 3.48. The number of anilines is 1. The van der Waals surface area contributed by atoms with Gasteiger partial charge in [0.15, 0.2) is 6.61 Å².